The number of carbonyl (C=O) groups is 2. The molecule has 1 fully saturated rings. The van der Waals surface area contributed by atoms with Crippen molar-refractivity contribution in [3.63, 3.8) is 0 Å². The van der Waals surface area contributed by atoms with Crippen molar-refractivity contribution in [3.05, 3.63) is 35.4 Å². The highest BCUT2D eigenvalue weighted by Gasteiger charge is 2.26. The molecule has 0 amide bonds. The third-order valence-electron chi connectivity index (χ3n) is 3.84. The third kappa shape index (κ3) is 3.63. The molecule has 0 bridgehead atoms. The first kappa shape index (κ1) is 15.1. The van der Waals surface area contributed by atoms with Crippen molar-refractivity contribution in [2.24, 2.45) is 5.92 Å². The van der Waals surface area contributed by atoms with E-state index in [0.717, 1.165) is 25.7 Å². The number of hydrogen-bond donors (Lipinski definition) is 0. The zero-order chi connectivity index (χ0) is 15.2. The minimum atomic E-state index is -1.41. The molecule has 1 aliphatic carbocycles. The van der Waals surface area contributed by atoms with Crippen LogP contribution in [0.4, 0.5) is 0 Å². The topological polar surface area (TPSA) is 66.4 Å². The first-order valence-electron chi connectivity index (χ1n) is 7.11. The van der Waals surface area contributed by atoms with Crippen LogP contribution in [0.25, 0.3) is 0 Å². The van der Waals surface area contributed by atoms with Gasteiger partial charge in [0.1, 0.15) is 0 Å². The van der Waals surface area contributed by atoms with Crippen molar-refractivity contribution in [2.75, 3.05) is 0 Å². The standard InChI is InChI=1S/C17H18O4/c1-2-15(12-8-4-3-5-9-12)21-17(20)14-11-7-6-10-13(14)16(18)19/h1,6-7,10-12,15H,3-5,8-9H2,(H,18,19)/p-1. The normalized spacial score (nSPS) is 16.7. The summed E-state index contributed by atoms with van der Waals surface area (Å²) in [4.78, 5) is 23.2. The largest absolute Gasteiger partial charge is 0.545 e. The highest BCUT2D eigenvalue weighted by Crippen LogP contribution is 2.28. The van der Waals surface area contributed by atoms with Crippen molar-refractivity contribution in [1.82, 2.24) is 0 Å². The first-order valence-corrected chi connectivity index (χ1v) is 7.11. The van der Waals surface area contributed by atoms with E-state index in [1.165, 1.54) is 24.6 Å². The Kier molecular flexibility index (Phi) is 4.99. The maximum absolute atomic E-state index is 12.2. The van der Waals surface area contributed by atoms with Gasteiger partial charge in [0.2, 0.25) is 0 Å². The van der Waals surface area contributed by atoms with Gasteiger partial charge in [-0.1, -0.05) is 43.4 Å². The van der Waals surface area contributed by atoms with E-state index < -0.39 is 18.0 Å². The van der Waals surface area contributed by atoms with Crippen molar-refractivity contribution >= 4 is 11.9 Å². The molecule has 1 unspecified atom stereocenters. The van der Waals surface area contributed by atoms with Crippen molar-refractivity contribution < 1.29 is 19.4 Å². The van der Waals surface area contributed by atoms with E-state index in [9.17, 15) is 14.7 Å². The van der Waals surface area contributed by atoms with E-state index in [4.69, 9.17) is 11.2 Å². The first-order chi connectivity index (χ1) is 10.1. The molecule has 1 aromatic rings. The lowest BCUT2D eigenvalue weighted by Gasteiger charge is -2.26. The van der Waals surface area contributed by atoms with Crippen LogP contribution >= 0.6 is 0 Å². The quantitative estimate of drug-likeness (QED) is 0.625. The third-order valence-corrected chi connectivity index (χ3v) is 3.84. The molecule has 4 heteroatoms. The SMILES string of the molecule is C#CC(OC(=O)c1ccccc1C(=O)[O-])C1CCCCC1. The summed E-state index contributed by atoms with van der Waals surface area (Å²) in [5.41, 5.74) is -0.199. The molecule has 0 aromatic heterocycles. The molecular formula is C17H17O4-. The molecule has 0 heterocycles. The van der Waals surface area contributed by atoms with E-state index in [-0.39, 0.29) is 17.0 Å². The monoisotopic (exact) mass is 285 g/mol. The second-order valence-corrected chi connectivity index (χ2v) is 5.22. The number of carboxylic acid groups (broad SMARTS) is 1. The number of hydrogen-bond acceptors (Lipinski definition) is 4. The lowest BCUT2D eigenvalue weighted by atomic mass is 9.85. The van der Waals surface area contributed by atoms with Crippen LogP contribution < -0.4 is 5.11 Å². The number of carbonyl (C=O) groups excluding carboxylic acids is 2. The van der Waals surface area contributed by atoms with E-state index >= 15 is 0 Å². The summed E-state index contributed by atoms with van der Waals surface area (Å²) in [5.74, 6) is 0.560. The Hall–Kier alpha value is -2.28. The highest BCUT2D eigenvalue weighted by molar-refractivity contribution is 6.01. The molecule has 2 rings (SSSR count). The van der Waals surface area contributed by atoms with Crippen LogP contribution in [0, 0.1) is 18.3 Å². The number of esters is 1. The van der Waals surface area contributed by atoms with Crippen LogP contribution in [0.1, 0.15) is 52.8 Å². The highest BCUT2D eigenvalue weighted by atomic mass is 16.5. The lowest BCUT2D eigenvalue weighted by Crippen LogP contribution is -2.29. The van der Waals surface area contributed by atoms with Crippen molar-refractivity contribution in [1.29, 1.82) is 0 Å². The molecular weight excluding hydrogens is 268 g/mol. The van der Waals surface area contributed by atoms with Crippen LogP contribution in [0.15, 0.2) is 24.3 Å². The van der Waals surface area contributed by atoms with E-state index in [2.05, 4.69) is 5.92 Å². The smallest absolute Gasteiger partial charge is 0.340 e. The molecule has 1 saturated carbocycles. The van der Waals surface area contributed by atoms with Crippen molar-refractivity contribution in [3.8, 4) is 12.3 Å². The second kappa shape index (κ2) is 6.94. The number of terminal acetylenes is 1. The fraction of sp³-hybridized carbons (Fsp3) is 0.412. The maximum Gasteiger partial charge on any atom is 0.340 e. The van der Waals surface area contributed by atoms with E-state index in [0.29, 0.717) is 0 Å². The van der Waals surface area contributed by atoms with E-state index in [1.807, 2.05) is 0 Å². The molecule has 21 heavy (non-hydrogen) atoms. The molecule has 0 saturated heterocycles. The van der Waals surface area contributed by atoms with Gasteiger partial charge in [0.15, 0.2) is 6.10 Å². The van der Waals surface area contributed by atoms with Gasteiger partial charge in [0, 0.05) is 11.5 Å². The fourth-order valence-corrected chi connectivity index (χ4v) is 2.72. The van der Waals surface area contributed by atoms with Crippen LogP contribution in [0.3, 0.4) is 0 Å². The molecule has 110 valence electrons. The molecule has 1 aliphatic rings. The second-order valence-electron chi connectivity index (χ2n) is 5.22. The number of ether oxygens (including phenoxy) is 1. The Labute approximate surface area is 124 Å². The number of benzene rings is 1. The van der Waals surface area contributed by atoms with Gasteiger partial charge in [-0.15, -0.1) is 6.42 Å². The van der Waals surface area contributed by atoms with Gasteiger partial charge in [0.05, 0.1) is 11.5 Å². The maximum atomic E-state index is 12.2. The molecule has 1 atom stereocenters. The fourth-order valence-electron chi connectivity index (χ4n) is 2.72. The lowest BCUT2D eigenvalue weighted by molar-refractivity contribution is -0.255. The van der Waals surface area contributed by atoms with Crippen LogP contribution in [-0.2, 0) is 4.74 Å². The minimum absolute atomic E-state index is 0.0199. The van der Waals surface area contributed by atoms with Gasteiger partial charge in [-0.3, -0.25) is 0 Å². The average Bonchev–Trinajstić information content (AvgIpc) is 2.53. The van der Waals surface area contributed by atoms with Gasteiger partial charge in [-0.2, -0.15) is 0 Å². The predicted molar refractivity (Wildman–Crippen MR) is 75.4 cm³/mol. The predicted octanol–water partition coefficient (Wildman–Crippen LogP) is 1.79. The average molecular weight is 285 g/mol. The van der Waals surface area contributed by atoms with Gasteiger partial charge in [0.25, 0.3) is 0 Å². The molecule has 1 aromatic carbocycles. The zero-order valence-electron chi connectivity index (χ0n) is 11.7. The Bertz CT molecular complexity index is 564. The van der Waals surface area contributed by atoms with Crippen LogP contribution in [0.5, 0.6) is 0 Å². The molecule has 0 spiro atoms. The van der Waals surface area contributed by atoms with Gasteiger partial charge >= 0.3 is 5.97 Å². The van der Waals surface area contributed by atoms with Crippen molar-refractivity contribution in [2.45, 2.75) is 38.2 Å². The number of rotatable bonds is 4. The van der Waals surface area contributed by atoms with E-state index in [1.54, 1.807) is 6.07 Å². The Balaban J connectivity index is 2.13. The van der Waals surface area contributed by atoms with Crippen LogP contribution in [-0.4, -0.2) is 18.0 Å². The minimum Gasteiger partial charge on any atom is -0.545 e. The Morgan fingerprint density at radius 3 is 2.38 bits per heavy atom. The molecule has 0 aliphatic heterocycles. The summed E-state index contributed by atoms with van der Waals surface area (Å²) in [6, 6.07) is 5.83. The Morgan fingerprint density at radius 2 is 1.81 bits per heavy atom. The van der Waals surface area contributed by atoms with Crippen LogP contribution in [0.2, 0.25) is 0 Å². The van der Waals surface area contributed by atoms with Gasteiger partial charge < -0.3 is 14.6 Å². The summed E-state index contributed by atoms with van der Waals surface area (Å²) in [6.45, 7) is 0. The summed E-state index contributed by atoms with van der Waals surface area (Å²) in [6.07, 6.45) is 10.1. The summed E-state index contributed by atoms with van der Waals surface area (Å²) in [7, 11) is 0. The molecule has 0 N–H and O–H groups in total. The summed E-state index contributed by atoms with van der Waals surface area (Å²) < 4.78 is 5.35. The molecule has 4 nitrogen and oxygen atoms in total. The summed E-state index contributed by atoms with van der Waals surface area (Å²) >= 11 is 0. The Morgan fingerprint density at radius 1 is 1.19 bits per heavy atom. The number of carboxylic acids is 1. The molecule has 0 radical (unpaired) electrons. The summed E-state index contributed by atoms with van der Waals surface area (Å²) in [5, 5.41) is 11.0. The number of aromatic carboxylic acids is 1. The van der Waals surface area contributed by atoms with Gasteiger partial charge in [-0.25, -0.2) is 4.79 Å². The zero-order valence-corrected chi connectivity index (χ0v) is 11.7. The van der Waals surface area contributed by atoms with Gasteiger partial charge in [-0.05, 0) is 18.9 Å².